The molecule has 0 fully saturated rings. The SMILES string of the molecule is c1ccc(C2(c3ccccc3)c3ccccc3-c3cc4c5cc6c(cc5n(-c5ccc(N7c8ccccc8C(c8ccccc8)(c8ccccc8)c8ccccc87)cc5)c4cc32)C(c2ccccc2)(c2ccccc2)c2ccccc2-6)cc1. The van der Waals surface area contributed by atoms with Crippen LogP contribution in [0.2, 0.25) is 0 Å². The van der Waals surface area contributed by atoms with Crippen molar-refractivity contribution in [3.63, 3.8) is 0 Å². The summed E-state index contributed by atoms with van der Waals surface area (Å²) in [6, 6.07) is 123. The second kappa shape index (κ2) is 18.2. The molecule has 2 nitrogen and oxygen atoms in total. The van der Waals surface area contributed by atoms with Crippen LogP contribution in [-0.4, -0.2) is 4.57 Å². The quantitative estimate of drug-likeness (QED) is 0.147. The highest BCUT2D eigenvalue weighted by atomic mass is 15.2. The molecule has 2 aliphatic carbocycles. The Kier molecular flexibility index (Phi) is 10.4. The second-order valence-electron chi connectivity index (χ2n) is 22.6. The van der Waals surface area contributed by atoms with Crippen LogP contribution in [0, 0.1) is 0 Å². The Balaban J connectivity index is 0.949. The van der Waals surface area contributed by atoms with Crippen molar-refractivity contribution in [1.82, 2.24) is 4.57 Å². The molecule has 0 saturated carbocycles. The molecule has 0 amide bonds. The minimum atomic E-state index is -0.575. The molecule has 2 heteroatoms. The lowest BCUT2D eigenvalue weighted by molar-refractivity contribution is 0.731. The lowest BCUT2D eigenvalue weighted by Crippen LogP contribution is -2.37. The summed E-state index contributed by atoms with van der Waals surface area (Å²) in [4.78, 5) is 2.49. The van der Waals surface area contributed by atoms with Crippen LogP contribution in [0.4, 0.5) is 17.1 Å². The van der Waals surface area contributed by atoms with Crippen LogP contribution in [-0.2, 0) is 16.2 Å². The molecule has 0 atom stereocenters. The number of rotatable bonds is 8. The molecule has 1 aromatic heterocycles. The Labute approximate surface area is 484 Å². The number of fused-ring (bicyclic) bond motifs is 11. The summed E-state index contributed by atoms with van der Waals surface area (Å²) in [7, 11) is 0. The zero-order valence-electron chi connectivity index (χ0n) is 45.6. The van der Waals surface area contributed by atoms with E-state index in [0.717, 1.165) is 22.7 Å². The van der Waals surface area contributed by atoms with Crippen molar-refractivity contribution in [2.24, 2.45) is 0 Å². The molecule has 13 aromatic carbocycles. The summed E-state index contributed by atoms with van der Waals surface area (Å²) in [6.07, 6.45) is 0. The minimum Gasteiger partial charge on any atom is -0.310 e. The van der Waals surface area contributed by atoms with Crippen LogP contribution in [0.3, 0.4) is 0 Å². The number of nitrogens with zero attached hydrogens (tertiary/aromatic N) is 2. The monoisotopic (exact) mass is 1050 g/mol. The summed E-state index contributed by atoms with van der Waals surface area (Å²) in [5, 5.41) is 2.45. The molecule has 17 rings (SSSR count). The Morgan fingerprint density at radius 2 is 0.482 bits per heavy atom. The number of anilines is 3. The summed E-state index contributed by atoms with van der Waals surface area (Å²) in [6.45, 7) is 0. The third-order valence-corrected chi connectivity index (χ3v) is 18.8. The molecule has 0 spiro atoms. The van der Waals surface area contributed by atoms with Gasteiger partial charge in [-0.3, -0.25) is 0 Å². The van der Waals surface area contributed by atoms with Gasteiger partial charge < -0.3 is 9.47 Å². The van der Waals surface area contributed by atoms with Crippen LogP contribution >= 0.6 is 0 Å². The van der Waals surface area contributed by atoms with Gasteiger partial charge in [0.2, 0.25) is 0 Å². The standard InChI is InChI=1S/C81H54N2/c1-7-27-55(28-8-1)79(56-29-9-2-10-30-56)69-41-21-19-39-63(69)65-51-67-68-52-66-64-40-20-22-42-70(64)80(57-31-11-3-12-32-57,58-33-13-4-14-34-58)74(66)54-78(68)83(77(67)53-73(65)79)62-49-47-61(48-50-62)82-75-45-25-23-43-71(75)81(59-35-15-5-16-36-59,60-37-17-6-18-38-60)72-44-24-26-46-76(72)82/h1-54H. The van der Waals surface area contributed by atoms with Gasteiger partial charge in [0.05, 0.1) is 38.7 Å². The highest BCUT2D eigenvalue weighted by Gasteiger charge is 2.50. The first kappa shape index (κ1) is 47.3. The van der Waals surface area contributed by atoms with E-state index in [-0.39, 0.29) is 0 Å². The number of para-hydroxylation sites is 2. The normalized spacial score (nSPS) is 14.5. The maximum atomic E-state index is 2.58. The number of benzene rings is 13. The highest BCUT2D eigenvalue weighted by Crippen LogP contribution is 2.62. The number of hydrogen-bond donors (Lipinski definition) is 0. The predicted molar refractivity (Wildman–Crippen MR) is 342 cm³/mol. The van der Waals surface area contributed by atoms with Crippen molar-refractivity contribution in [2.45, 2.75) is 16.2 Å². The van der Waals surface area contributed by atoms with E-state index in [9.17, 15) is 0 Å². The molecule has 0 unspecified atom stereocenters. The average molecular weight is 1060 g/mol. The van der Waals surface area contributed by atoms with Crippen molar-refractivity contribution < 1.29 is 0 Å². The molecular formula is C81H54N2. The van der Waals surface area contributed by atoms with Gasteiger partial charge in [0.1, 0.15) is 0 Å². The van der Waals surface area contributed by atoms with Gasteiger partial charge >= 0.3 is 0 Å². The van der Waals surface area contributed by atoms with Gasteiger partial charge in [-0.2, -0.15) is 0 Å². The van der Waals surface area contributed by atoms with Gasteiger partial charge in [0.15, 0.2) is 0 Å². The zero-order chi connectivity index (χ0) is 54.7. The molecule has 3 aliphatic rings. The van der Waals surface area contributed by atoms with Crippen molar-refractivity contribution in [2.75, 3.05) is 4.90 Å². The molecule has 0 saturated heterocycles. The molecule has 388 valence electrons. The third kappa shape index (κ3) is 6.44. The molecule has 0 N–H and O–H groups in total. The molecule has 0 bridgehead atoms. The van der Waals surface area contributed by atoms with Gasteiger partial charge in [-0.05, 0) is 150 Å². The Morgan fingerprint density at radius 3 is 0.831 bits per heavy atom. The molecular weight excluding hydrogens is 1000 g/mol. The first-order valence-corrected chi connectivity index (χ1v) is 29.0. The van der Waals surface area contributed by atoms with E-state index >= 15 is 0 Å². The first-order valence-electron chi connectivity index (χ1n) is 29.0. The van der Waals surface area contributed by atoms with Gasteiger partial charge in [-0.25, -0.2) is 0 Å². The topological polar surface area (TPSA) is 8.17 Å². The van der Waals surface area contributed by atoms with Gasteiger partial charge in [-0.15, -0.1) is 0 Å². The molecule has 0 radical (unpaired) electrons. The highest BCUT2D eigenvalue weighted by molar-refractivity contribution is 6.14. The van der Waals surface area contributed by atoms with Crippen LogP contribution in [0.5, 0.6) is 0 Å². The number of aromatic nitrogens is 1. The largest absolute Gasteiger partial charge is 0.310 e. The Bertz CT molecular complexity index is 4450. The van der Waals surface area contributed by atoms with Crippen LogP contribution in [0.15, 0.2) is 328 Å². The summed E-state index contributed by atoms with van der Waals surface area (Å²) < 4.78 is 2.58. The summed E-state index contributed by atoms with van der Waals surface area (Å²) in [5.41, 5.74) is 25.3. The maximum Gasteiger partial charge on any atom is 0.0742 e. The first-order chi connectivity index (χ1) is 41.2. The van der Waals surface area contributed by atoms with Crippen molar-refractivity contribution in [3.05, 3.63) is 394 Å². The van der Waals surface area contributed by atoms with Crippen molar-refractivity contribution >= 4 is 38.9 Å². The summed E-state index contributed by atoms with van der Waals surface area (Å²) >= 11 is 0. The predicted octanol–water partition coefficient (Wildman–Crippen LogP) is 19.7. The molecule has 1 aliphatic heterocycles. The lowest BCUT2D eigenvalue weighted by Gasteiger charge is -2.46. The maximum absolute atomic E-state index is 2.58. The Hall–Kier alpha value is -10.5. The fraction of sp³-hybridized carbons (Fsp3) is 0.0370. The summed E-state index contributed by atoms with van der Waals surface area (Å²) in [5.74, 6) is 0. The number of hydrogen-bond acceptors (Lipinski definition) is 1. The van der Waals surface area contributed by atoms with E-state index in [1.807, 2.05) is 0 Å². The van der Waals surface area contributed by atoms with E-state index in [4.69, 9.17) is 0 Å². The van der Waals surface area contributed by atoms with Crippen molar-refractivity contribution in [3.8, 4) is 27.9 Å². The molecule has 83 heavy (non-hydrogen) atoms. The fourth-order valence-corrected chi connectivity index (χ4v) is 15.6. The average Bonchev–Trinajstić information content (AvgIpc) is 1.75. The molecule has 2 heterocycles. The van der Waals surface area contributed by atoms with Crippen molar-refractivity contribution in [1.29, 1.82) is 0 Å². The smallest absolute Gasteiger partial charge is 0.0742 e. The van der Waals surface area contributed by atoms with E-state index in [1.54, 1.807) is 0 Å². The van der Waals surface area contributed by atoms with Gasteiger partial charge in [0.25, 0.3) is 0 Å². The van der Waals surface area contributed by atoms with E-state index in [2.05, 4.69) is 337 Å². The molecule has 14 aromatic rings. The second-order valence-corrected chi connectivity index (χ2v) is 22.6. The van der Waals surface area contributed by atoms with Gasteiger partial charge in [-0.1, -0.05) is 267 Å². The van der Waals surface area contributed by atoms with Crippen LogP contribution in [0.25, 0.3) is 49.7 Å². The van der Waals surface area contributed by atoms with Gasteiger partial charge in [0, 0.05) is 22.1 Å². The van der Waals surface area contributed by atoms with E-state index in [1.165, 1.54) is 111 Å². The zero-order valence-corrected chi connectivity index (χ0v) is 45.6. The minimum absolute atomic E-state index is 0.557. The van der Waals surface area contributed by atoms with E-state index < -0.39 is 16.2 Å². The van der Waals surface area contributed by atoms with Crippen LogP contribution in [0.1, 0.15) is 66.8 Å². The Morgan fingerprint density at radius 1 is 0.205 bits per heavy atom. The lowest BCUT2D eigenvalue weighted by atomic mass is 9.62. The fourth-order valence-electron chi connectivity index (χ4n) is 15.6. The third-order valence-electron chi connectivity index (χ3n) is 18.8. The van der Waals surface area contributed by atoms with Crippen LogP contribution < -0.4 is 4.90 Å². The van der Waals surface area contributed by atoms with E-state index in [0.29, 0.717) is 0 Å².